The van der Waals surface area contributed by atoms with Crippen molar-refractivity contribution >= 4 is 11.9 Å². The molecule has 0 aliphatic heterocycles. The minimum absolute atomic E-state index is 0. The molecule has 0 aliphatic rings. The molecule has 5 heteroatoms. The Morgan fingerprint density at radius 1 is 0.371 bits per heavy atom. The Hall–Kier alpha value is -0.138. The van der Waals surface area contributed by atoms with Gasteiger partial charge in [0.25, 0.3) is 0 Å². The van der Waals surface area contributed by atoms with Gasteiger partial charge >= 0.3 is 27.3 Å². The molecule has 0 aromatic carbocycles. The van der Waals surface area contributed by atoms with Gasteiger partial charge in [-0.05, 0) is 25.7 Å². The first-order valence-corrected chi connectivity index (χ1v) is 14.9. The predicted octanol–water partition coefficient (Wildman–Crippen LogP) is 7.65. The van der Waals surface area contributed by atoms with Crippen LogP contribution in [0.2, 0.25) is 0 Å². The number of hydrogen-bond acceptors (Lipinski definition) is 4. The topological polar surface area (TPSA) is 80.3 Å². The monoisotopic (exact) mass is 596 g/mol. The molecule has 0 rings (SSSR count). The molecule has 0 aliphatic carbocycles. The van der Waals surface area contributed by atoms with E-state index in [0.29, 0.717) is 0 Å². The Balaban J connectivity index is -0.000000569. The fourth-order valence-corrected chi connectivity index (χ4v) is 4.22. The first-order chi connectivity index (χ1) is 16.5. The van der Waals surface area contributed by atoms with Crippen molar-refractivity contribution in [3.63, 3.8) is 0 Å². The molecular formula is C30H58CdO4. The fraction of sp³-hybridized carbons (Fsp3) is 0.933. The standard InChI is InChI=1S/2C15H30O2.Cd/c2*1-2-3-4-5-6-7-8-9-10-11-12-13-14-15(16)17;/h2*2-14H2,1H3,(H,16,17);/q;;+2/p-2. The van der Waals surface area contributed by atoms with E-state index in [1.165, 1.54) is 128 Å². The quantitative estimate of drug-likeness (QED) is 0.0761. The van der Waals surface area contributed by atoms with Crippen LogP contribution in [0.15, 0.2) is 0 Å². The molecule has 0 saturated carbocycles. The Bertz CT molecular complexity index is 377. The van der Waals surface area contributed by atoms with Gasteiger partial charge in [-0.1, -0.05) is 155 Å². The maximum absolute atomic E-state index is 10.2. The van der Waals surface area contributed by atoms with Gasteiger partial charge in [-0.2, -0.15) is 0 Å². The third-order valence-corrected chi connectivity index (χ3v) is 6.47. The van der Waals surface area contributed by atoms with Gasteiger partial charge in [-0.3, -0.25) is 0 Å². The summed E-state index contributed by atoms with van der Waals surface area (Å²) in [5.41, 5.74) is 0. The van der Waals surface area contributed by atoms with Gasteiger partial charge in [0.15, 0.2) is 0 Å². The van der Waals surface area contributed by atoms with E-state index in [0.717, 1.165) is 25.7 Å². The minimum Gasteiger partial charge on any atom is -0.550 e. The number of hydrogen-bond donors (Lipinski definition) is 0. The van der Waals surface area contributed by atoms with Crippen molar-refractivity contribution in [2.75, 3.05) is 0 Å². The van der Waals surface area contributed by atoms with Crippen molar-refractivity contribution in [2.45, 2.75) is 181 Å². The van der Waals surface area contributed by atoms with E-state index < -0.39 is 11.9 Å². The van der Waals surface area contributed by atoms with Crippen molar-refractivity contribution in [1.82, 2.24) is 0 Å². The van der Waals surface area contributed by atoms with E-state index >= 15 is 0 Å². The molecule has 0 spiro atoms. The normalized spacial score (nSPS) is 10.3. The van der Waals surface area contributed by atoms with Crippen molar-refractivity contribution in [3.05, 3.63) is 0 Å². The summed E-state index contributed by atoms with van der Waals surface area (Å²) in [4.78, 5) is 20.3. The van der Waals surface area contributed by atoms with Crippen LogP contribution in [0.1, 0.15) is 181 Å². The fourth-order valence-electron chi connectivity index (χ4n) is 4.22. The maximum Gasteiger partial charge on any atom is 2.00 e. The summed E-state index contributed by atoms with van der Waals surface area (Å²) in [7, 11) is 0. The van der Waals surface area contributed by atoms with Crippen LogP contribution in [-0.2, 0) is 36.9 Å². The maximum atomic E-state index is 10.2. The molecule has 204 valence electrons. The van der Waals surface area contributed by atoms with E-state index in [9.17, 15) is 19.8 Å². The van der Waals surface area contributed by atoms with E-state index in [4.69, 9.17) is 0 Å². The van der Waals surface area contributed by atoms with Crippen LogP contribution in [0.4, 0.5) is 0 Å². The first-order valence-electron chi connectivity index (χ1n) is 14.9. The van der Waals surface area contributed by atoms with Gasteiger partial charge in [0.05, 0.1) is 0 Å². The van der Waals surface area contributed by atoms with Crippen molar-refractivity contribution in [3.8, 4) is 0 Å². The zero-order valence-corrected chi connectivity index (χ0v) is 27.8. The van der Waals surface area contributed by atoms with Crippen LogP contribution >= 0.6 is 0 Å². The molecule has 0 aromatic rings. The van der Waals surface area contributed by atoms with Crippen LogP contribution in [0.5, 0.6) is 0 Å². The number of aliphatic carboxylic acids is 2. The van der Waals surface area contributed by atoms with Crippen molar-refractivity contribution < 1.29 is 47.1 Å². The molecule has 0 aromatic heterocycles. The second kappa shape index (κ2) is 36.0. The van der Waals surface area contributed by atoms with Crippen LogP contribution in [-0.4, -0.2) is 11.9 Å². The molecule has 0 amide bonds. The Morgan fingerprint density at radius 2 is 0.543 bits per heavy atom. The van der Waals surface area contributed by atoms with Gasteiger partial charge in [0.2, 0.25) is 0 Å². The molecular weight excluding hydrogens is 537 g/mol. The second-order valence-corrected chi connectivity index (χ2v) is 10.0. The third-order valence-electron chi connectivity index (χ3n) is 6.47. The molecule has 0 saturated heterocycles. The number of carbonyl (C=O) groups is 2. The smallest absolute Gasteiger partial charge is 0.550 e. The minimum atomic E-state index is -0.905. The Morgan fingerprint density at radius 3 is 0.714 bits per heavy atom. The van der Waals surface area contributed by atoms with Crippen LogP contribution < -0.4 is 10.2 Å². The molecule has 0 N–H and O–H groups in total. The zero-order valence-electron chi connectivity index (χ0n) is 23.7. The summed E-state index contributed by atoms with van der Waals surface area (Å²) >= 11 is 0. The summed E-state index contributed by atoms with van der Waals surface area (Å²) in [6.07, 6.45) is 31.0. The number of unbranched alkanes of at least 4 members (excludes halogenated alkanes) is 22. The summed E-state index contributed by atoms with van der Waals surface area (Å²) in [6.45, 7) is 4.50. The Kier molecular flexibility index (Phi) is 40.5. The average molecular weight is 595 g/mol. The van der Waals surface area contributed by atoms with E-state index in [1.807, 2.05) is 0 Å². The van der Waals surface area contributed by atoms with Gasteiger partial charge in [-0.15, -0.1) is 0 Å². The summed E-state index contributed by atoms with van der Waals surface area (Å²) < 4.78 is 0. The predicted molar refractivity (Wildman–Crippen MR) is 141 cm³/mol. The van der Waals surface area contributed by atoms with Crippen LogP contribution in [0, 0.1) is 0 Å². The summed E-state index contributed by atoms with van der Waals surface area (Å²) in [5, 5.41) is 20.3. The first kappa shape index (κ1) is 39.4. The molecule has 0 fully saturated rings. The van der Waals surface area contributed by atoms with Gasteiger partial charge < -0.3 is 19.8 Å². The SMILES string of the molecule is CCCCCCCCCCCCCCC(=O)[O-].CCCCCCCCCCCCCCC(=O)[O-].[Cd+2]. The zero-order chi connectivity index (χ0) is 25.5. The number of carboxylic acid groups (broad SMARTS) is 2. The molecule has 4 nitrogen and oxygen atoms in total. The molecule has 0 bridgehead atoms. The average Bonchev–Trinajstić information content (AvgIpc) is 2.80. The molecule has 35 heavy (non-hydrogen) atoms. The van der Waals surface area contributed by atoms with Crippen molar-refractivity contribution in [1.29, 1.82) is 0 Å². The van der Waals surface area contributed by atoms with Crippen molar-refractivity contribution in [2.24, 2.45) is 0 Å². The molecule has 0 heterocycles. The van der Waals surface area contributed by atoms with Gasteiger partial charge in [0.1, 0.15) is 0 Å². The molecule has 0 atom stereocenters. The summed E-state index contributed by atoms with van der Waals surface area (Å²) in [5.74, 6) is -1.81. The van der Waals surface area contributed by atoms with E-state index in [2.05, 4.69) is 13.8 Å². The van der Waals surface area contributed by atoms with Crippen LogP contribution in [0.3, 0.4) is 0 Å². The van der Waals surface area contributed by atoms with Gasteiger partial charge in [0, 0.05) is 11.9 Å². The third kappa shape index (κ3) is 44.3. The number of carboxylic acids is 2. The van der Waals surface area contributed by atoms with Gasteiger partial charge in [-0.25, -0.2) is 0 Å². The number of rotatable bonds is 26. The largest absolute Gasteiger partial charge is 2.00 e. The Labute approximate surface area is 239 Å². The summed E-state index contributed by atoms with van der Waals surface area (Å²) in [6, 6.07) is 0. The molecule has 0 radical (unpaired) electrons. The number of carbonyl (C=O) groups excluding carboxylic acids is 2. The molecule has 0 unspecified atom stereocenters. The van der Waals surface area contributed by atoms with Crippen LogP contribution in [0.25, 0.3) is 0 Å². The van der Waals surface area contributed by atoms with E-state index in [-0.39, 0.29) is 40.1 Å². The second-order valence-electron chi connectivity index (χ2n) is 10.0. The van der Waals surface area contributed by atoms with E-state index in [1.54, 1.807) is 0 Å².